The molecule has 4 amide bonds. The summed E-state index contributed by atoms with van der Waals surface area (Å²) in [6.45, 7) is -0.0837. The van der Waals surface area contributed by atoms with Crippen LogP contribution in [0.5, 0.6) is 0 Å². The highest BCUT2D eigenvalue weighted by atomic mass is 16.6. The van der Waals surface area contributed by atoms with Crippen LogP contribution in [0.25, 0.3) is 0 Å². The first-order chi connectivity index (χ1) is 14.3. The zero-order valence-electron chi connectivity index (χ0n) is 15.5. The summed E-state index contributed by atoms with van der Waals surface area (Å²) in [5.41, 5.74) is -1.34. The molecule has 0 saturated carbocycles. The zero-order chi connectivity index (χ0) is 21.6. The quantitative estimate of drug-likeness (QED) is 0.386. The number of nitro groups is 2. The Morgan fingerprint density at radius 2 is 1.73 bits per heavy atom. The maximum atomic E-state index is 12.5. The van der Waals surface area contributed by atoms with E-state index in [-0.39, 0.29) is 42.8 Å². The molecule has 0 radical (unpaired) electrons. The van der Waals surface area contributed by atoms with E-state index in [1.165, 1.54) is 0 Å². The molecule has 3 aliphatic heterocycles. The van der Waals surface area contributed by atoms with Gasteiger partial charge >= 0.3 is 6.03 Å². The Morgan fingerprint density at radius 3 is 2.30 bits per heavy atom. The lowest BCUT2D eigenvalue weighted by atomic mass is 9.81. The van der Waals surface area contributed by atoms with Gasteiger partial charge in [0.15, 0.2) is 0 Å². The Kier molecular flexibility index (Phi) is 4.81. The van der Waals surface area contributed by atoms with Gasteiger partial charge in [-0.15, -0.1) is 0 Å². The molecule has 3 aliphatic rings. The normalized spacial score (nSPS) is 26.6. The van der Waals surface area contributed by atoms with Crippen molar-refractivity contribution in [1.29, 1.82) is 0 Å². The zero-order valence-corrected chi connectivity index (χ0v) is 15.5. The Hall–Kier alpha value is -3.61. The van der Waals surface area contributed by atoms with Gasteiger partial charge in [0.2, 0.25) is 11.8 Å². The van der Waals surface area contributed by atoms with Crippen LogP contribution in [-0.2, 0) is 14.3 Å². The molecular formula is C17H17N5O8. The molecule has 13 heteroatoms. The van der Waals surface area contributed by atoms with Crippen LogP contribution in [0.4, 0.5) is 21.9 Å². The predicted molar refractivity (Wildman–Crippen MR) is 98.4 cm³/mol. The van der Waals surface area contributed by atoms with E-state index in [2.05, 4.69) is 10.6 Å². The number of ether oxygens (including phenoxy) is 1. The van der Waals surface area contributed by atoms with Crippen LogP contribution in [0.15, 0.2) is 18.2 Å². The summed E-state index contributed by atoms with van der Waals surface area (Å²) in [6.07, 6.45) is 1.07. The number of imide groups is 1. The largest absolute Gasteiger partial charge is 0.373 e. The second kappa shape index (κ2) is 7.33. The molecule has 0 aliphatic carbocycles. The van der Waals surface area contributed by atoms with Crippen LogP contribution in [0, 0.1) is 32.1 Å². The molecule has 30 heavy (non-hydrogen) atoms. The number of anilines is 1. The molecular weight excluding hydrogens is 402 g/mol. The van der Waals surface area contributed by atoms with Gasteiger partial charge in [-0.2, -0.15) is 0 Å². The number of amides is 4. The van der Waals surface area contributed by atoms with Crippen molar-refractivity contribution in [2.45, 2.75) is 25.0 Å². The average molecular weight is 419 g/mol. The van der Waals surface area contributed by atoms with Crippen LogP contribution in [0.1, 0.15) is 12.8 Å². The van der Waals surface area contributed by atoms with Crippen molar-refractivity contribution in [3.05, 3.63) is 38.4 Å². The van der Waals surface area contributed by atoms with Crippen molar-refractivity contribution in [2.24, 2.45) is 11.8 Å². The Bertz CT molecular complexity index is 937. The molecule has 3 heterocycles. The number of benzene rings is 1. The molecule has 2 N–H and O–H groups in total. The first-order valence-electron chi connectivity index (χ1n) is 9.26. The summed E-state index contributed by atoms with van der Waals surface area (Å²) in [5.74, 6) is -1.50. The highest BCUT2D eigenvalue weighted by molar-refractivity contribution is 6.06. The predicted octanol–water partition coefficient (Wildman–Crippen LogP) is 0.787. The number of rotatable bonds is 6. The molecule has 4 atom stereocenters. The van der Waals surface area contributed by atoms with E-state index in [9.17, 15) is 34.6 Å². The minimum Gasteiger partial charge on any atom is -0.373 e. The number of non-ortho nitro benzene ring substituents is 1. The number of fused-ring (bicyclic) bond motifs is 5. The number of nitrogens with one attached hydrogen (secondary N) is 2. The van der Waals surface area contributed by atoms with Gasteiger partial charge in [-0.3, -0.25) is 34.7 Å². The molecule has 2 bridgehead atoms. The number of nitrogens with zero attached hydrogens (tertiary/aromatic N) is 3. The van der Waals surface area contributed by atoms with Crippen molar-refractivity contribution in [2.75, 3.05) is 18.4 Å². The van der Waals surface area contributed by atoms with Gasteiger partial charge in [-0.05, 0) is 18.9 Å². The number of hydrogen-bond donors (Lipinski definition) is 2. The van der Waals surface area contributed by atoms with Crippen LogP contribution < -0.4 is 10.6 Å². The van der Waals surface area contributed by atoms with E-state index in [1.54, 1.807) is 0 Å². The molecule has 13 nitrogen and oxygen atoms in total. The first-order valence-corrected chi connectivity index (χ1v) is 9.26. The SMILES string of the molecule is O=C(NCCN1C(=O)[C@@H]2[C@@H](C1=O)[C@H]1CC[C@@H]2O1)Nc1ccc([N+](=O)[O-])cc1[N+](=O)[O-]. The maximum Gasteiger partial charge on any atom is 0.319 e. The van der Waals surface area contributed by atoms with Crippen LogP contribution >= 0.6 is 0 Å². The minimum atomic E-state index is -0.848. The van der Waals surface area contributed by atoms with Crippen molar-refractivity contribution >= 4 is 34.9 Å². The topological polar surface area (TPSA) is 174 Å². The Labute approximate surface area is 168 Å². The fourth-order valence-electron chi connectivity index (χ4n) is 4.33. The van der Waals surface area contributed by atoms with Crippen LogP contribution in [0.3, 0.4) is 0 Å². The van der Waals surface area contributed by atoms with E-state index < -0.39 is 39.1 Å². The van der Waals surface area contributed by atoms with Crippen molar-refractivity contribution in [3.63, 3.8) is 0 Å². The van der Waals surface area contributed by atoms with E-state index >= 15 is 0 Å². The van der Waals surface area contributed by atoms with Gasteiger partial charge < -0.3 is 15.4 Å². The second-order valence-corrected chi connectivity index (χ2v) is 7.27. The third kappa shape index (κ3) is 3.22. The van der Waals surface area contributed by atoms with E-state index in [1.807, 2.05) is 0 Å². The summed E-state index contributed by atoms with van der Waals surface area (Å²) in [7, 11) is 0. The first kappa shape index (κ1) is 19.7. The standard InChI is InChI=1S/C17H17N5O8/c23-15-13-11-3-4-12(30-11)14(13)16(24)20(15)6-5-18-17(25)19-9-2-1-8(21(26)27)7-10(9)22(28)29/h1-2,7,11-14H,3-6H2,(H2,18,19,25)/t11-,12+,13-,14-/m0/s1. The Morgan fingerprint density at radius 1 is 1.10 bits per heavy atom. The molecule has 4 rings (SSSR count). The third-order valence-electron chi connectivity index (χ3n) is 5.63. The van der Waals surface area contributed by atoms with Crippen molar-refractivity contribution in [1.82, 2.24) is 10.2 Å². The summed E-state index contributed by atoms with van der Waals surface area (Å²) >= 11 is 0. The molecule has 158 valence electrons. The van der Waals surface area contributed by atoms with E-state index in [4.69, 9.17) is 4.74 Å². The molecule has 3 saturated heterocycles. The average Bonchev–Trinajstić information content (AvgIpc) is 3.37. The number of nitro benzene ring substituents is 2. The second-order valence-electron chi connectivity index (χ2n) is 7.27. The number of likely N-dealkylation sites (tertiary alicyclic amines) is 1. The molecule has 1 aromatic rings. The summed E-state index contributed by atoms with van der Waals surface area (Å²) in [4.78, 5) is 58.5. The molecule has 0 unspecified atom stereocenters. The molecule has 0 spiro atoms. The van der Waals surface area contributed by atoms with Gasteiger partial charge in [-0.1, -0.05) is 0 Å². The summed E-state index contributed by atoms with van der Waals surface area (Å²) in [6, 6.07) is 2.01. The van der Waals surface area contributed by atoms with Gasteiger partial charge in [0.05, 0.1) is 40.0 Å². The lowest BCUT2D eigenvalue weighted by Gasteiger charge is -2.17. The van der Waals surface area contributed by atoms with Gasteiger partial charge in [0.1, 0.15) is 5.69 Å². The molecule has 3 fully saturated rings. The summed E-state index contributed by atoms with van der Waals surface area (Å²) in [5, 5.41) is 26.5. The van der Waals surface area contributed by atoms with Gasteiger partial charge in [0.25, 0.3) is 11.4 Å². The monoisotopic (exact) mass is 419 g/mol. The van der Waals surface area contributed by atoms with Crippen molar-refractivity contribution < 1.29 is 29.0 Å². The maximum absolute atomic E-state index is 12.5. The van der Waals surface area contributed by atoms with Crippen LogP contribution in [-0.4, -0.2) is 57.9 Å². The lowest BCUT2D eigenvalue weighted by molar-refractivity contribution is -0.393. The minimum absolute atomic E-state index is 0.0279. The number of hydrogen-bond acceptors (Lipinski definition) is 8. The Balaban J connectivity index is 1.34. The van der Waals surface area contributed by atoms with E-state index in [0.29, 0.717) is 0 Å². The van der Waals surface area contributed by atoms with E-state index in [0.717, 1.165) is 35.9 Å². The smallest absolute Gasteiger partial charge is 0.319 e. The third-order valence-corrected chi connectivity index (χ3v) is 5.63. The number of carbonyl (C=O) groups is 3. The fourth-order valence-corrected chi connectivity index (χ4v) is 4.33. The highest BCUT2D eigenvalue weighted by Gasteiger charge is 2.62. The van der Waals surface area contributed by atoms with Gasteiger partial charge in [-0.25, -0.2) is 4.79 Å². The van der Waals surface area contributed by atoms with Crippen molar-refractivity contribution in [3.8, 4) is 0 Å². The molecule has 0 aromatic heterocycles. The van der Waals surface area contributed by atoms with Gasteiger partial charge in [0, 0.05) is 19.2 Å². The highest BCUT2D eigenvalue weighted by Crippen LogP contribution is 2.48. The number of carbonyl (C=O) groups excluding carboxylic acids is 3. The number of urea groups is 1. The fraction of sp³-hybridized carbons (Fsp3) is 0.471. The molecule has 1 aromatic carbocycles. The summed E-state index contributed by atoms with van der Waals surface area (Å²) < 4.78 is 5.65. The van der Waals surface area contributed by atoms with Crippen LogP contribution in [0.2, 0.25) is 0 Å². The lowest BCUT2D eigenvalue weighted by Crippen LogP contribution is -2.41.